The second-order valence-corrected chi connectivity index (χ2v) is 11.3. The van der Waals surface area contributed by atoms with Crippen LogP contribution in [0, 0.1) is 18.2 Å². The highest BCUT2D eigenvalue weighted by Gasteiger charge is 2.56. The number of nitrogen functional groups attached to an aromatic ring is 1. The Balaban J connectivity index is 1.87. The first-order valence-corrected chi connectivity index (χ1v) is 13.3. The summed E-state index contributed by atoms with van der Waals surface area (Å²) >= 11 is 0. The van der Waals surface area contributed by atoms with Crippen molar-refractivity contribution in [3.8, 4) is 12.3 Å². The fourth-order valence-electron chi connectivity index (χ4n) is 3.12. The number of hydrogen-bond donors (Lipinski definition) is 8. The number of halogens is 1. The third-order valence-electron chi connectivity index (χ3n) is 4.44. The summed E-state index contributed by atoms with van der Waals surface area (Å²) in [5, 5.41) is 20.6. The van der Waals surface area contributed by atoms with Gasteiger partial charge in [0.05, 0.1) is 6.61 Å². The predicted molar refractivity (Wildman–Crippen MR) is 108 cm³/mol. The second kappa shape index (κ2) is 9.14. The number of fused-ring (bicyclic) bond motifs is 1. The highest BCUT2D eigenvalue weighted by atomic mass is 31.3. The van der Waals surface area contributed by atoms with Gasteiger partial charge in [0.15, 0.2) is 23.3 Å². The summed E-state index contributed by atoms with van der Waals surface area (Å²) in [7, 11) is -17.1. The Morgan fingerprint density at radius 1 is 1.29 bits per heavy atom. The number of H-pyrrole nitrogens is 1. The van der Waals surface area contributed by atoms with Crippen LogP contribution in [0.3, 0.4) is 0 Å². The van der Waals surface area contributed by atoms with Gasteiger partial charge in [0.25, 0.3) is 5.56 Å². The number of rotatable bonds is 8. The zero-order chi connectivity index (χ0) is 26.6. The van der Waals surface area contributed by atoms with Gasteiger partial charge >= 0.3 is 23.5 Å². The van der Waals surface area contributed by atoms with Crippen LogP contribution in [0.25, 0.3) is 11.0 Å². The molecule has 18 nitrogen and oxygen atoms in total. The molecule has 2 aromatic heterocycles. The average Bonchev–Trinajstić information content (AvgIpc) is 3.12. The molecule has 0 aromatic carbocycles. The van der Waals surface area contributed by atoms with E-state index >= 15 is 0 Å². The predicted octanol–water partition coefficient (Wildman–Crippen LogP) is -1.59. The average molecular weight is 564 g/mol. The van der Waals surface area contributed by atoms with Crippen LogP contribution in [0.5, 0.6) is 0 Å². The first-order valence-electron chi connectivity index (χ1n) is 8.77. The van der Waals surface area contributed by atoms with Crippen molar-refractivity contribution in [3.63, 3.8) is 0 Å². The van der Waals surface area contributed by atoms with E-state index in [-0.39, 0.29) is 0 Å². The normalized spacial score (nSPS) is 28.5. The Morgan fingerprint density at radius 3 is 2.49 bits per heavy atom. The molecule has 1 aliphatic rings. The maximum absolute atomic E-state index is 14.4. The third kappa shape index (κ3) is 5.71. The van der Waals surface area contributed by atoms with Crippen LogP contribution in [0.2, 0.25) is 0 Å². The van der Waals surface area contributed by atoms with Gasteiger partial charge in [-0.25, -0.2) is 18.1 Å². The zero-order valence-electron chi connectivity index (χ0n) is 16.7. The van der Waals surface area contributed by atoms with Gasteiger partial charge in [0, 0.05) is 6.20 Å². The maximum atomic E-state index is 14.4. The summed E-state index contributed by atoms with van der Waals surface area (Å²) in [4.78, 5) is 53.6. The van der Waals surface area contributed by atoms with Crippen LogP contribution in [-0.2, 0) is 31.6 Å². The smallest absolute Gasteiger partial charge is 0.386 e. The molecule has 194 valence electrons. The number of nitrogens with two attached hydrogens (primary N) is 1. The summed E-state index contributed by atoms with van der Waals surface area (Å²) < 4.78 is 65.9. The van der Waals surface area contributed by atoms with E-state index in [4.69, 9.17) is 31.6 Å². The van der Waals surface area contributed by atoms with E-state index in [9.17, 15) is 38.0 Å². The molecule has 6 atom stereocenters. The number of phosphoric acid groups is 3. The Morgan fingerprint density at radius 2 is 1.91 bits per heavy atom. The van der Waals surface area contributed by atoms with Crippen LogP contribution in [-0.4, -0.2) is 68.7 Å². The van der Waals surface area contributed by atoms with Crippen molar-refractivity contribution in [3.05, 3.63) is 22.4 Å². The molecule has 9 N–H and O–H groups in total. The second-order valence-electron chi connectivity index (χ2n) is 6.86. The number of aliphatic hydroxyl groups is 2. The van der Waals surface area contributed by atoms with E-state index < -0.39 is 82.5 Å². The fourth-order valence-corrected chi connectivity index (χ4v) is 6.15. The number of hydrogen-bond acceptors (Lipinski definition) is 12. The lowest BCUT2D eigenvalue weighted by molar-refractivity contribution is -0.0717. The fraction of sp³-hybridized carbons (Fsp3) is 0.385. The number of aromatic nitrogens is 3. The molecule has 0 aliphatic carbocycles. The van der Waals surface area contributed by atoms with Crippen LogP contribution in [0.15, 0.2) is 11.0 Å². The molecule has 0 amide bonds. The number of nitrogens with one attached hydrogen (secondary N) is 1. The highest BCUT2D eigenvalue weighted by molar-refractivity contribution is 7.66. The largest absolute Gasteiger partial charge is 0.490 e. The summed E-state index contributed by atoms with van der Waals surface area (Å²) in [6.45, 7) is -1.19. The molecule has 0 bridgehead atoms. The first kappa shape index (κ1) is 27.6. The van der Waals surface area contributed by atoms with Crippen molar-refractivity contribution in [2.75, 3.05) is 12.3 Å². The molecular formula is C13H16FN4O14P3. The van der Waals surface area contributed by atoms with Gasteiger partial charge in [0.1, 0.15) is 17.6 Å². The van der Waals surface area contributed by atoms with E-state index in [0.29, 0.717) is 6.20 Å². The zero-order valence-corrected chi connectivity index (χ0v) is 19.4. The van der Waals surface area contributed by atoms with E-state index in [0.717, 1.165) is 4.57 Å². The number of anilines is 1. The molecule has 3 rings (SSSR count). The lowest BCUT2D eigenvalue weighted by Gasteiger charge is -2.26. The standard InChI is InChI=1S/C13H16FN4O14P3/c1-2-13(21)8(19)6(4-29-34(25,26)32-35(27,28)31-33(22,23)24)30-11(13)18-3-5(14)7-9(18)16-12(15)17-10(7)20/h1,3,6,8,11,19,21H,4H2,(H,25,26)(H,27,28)(H2,22,23,24)(H3,15,16,17,20)/t6-,8+,11-,13?/m1/s1. The van der Waals surface area contributed by atoms with Gasteiger partial charge in [-0.05, 0) is 0 Å². The van der Waals surface area contributed by atoms with E-state index in [2.05, 4.69) is 18.1 Å². The number of phosphoric ester groups is 1. The molecule has 3 unspecified atom stereocenters. The molecule has 1 saturated heterocycles. The maximum Gasteiger partial charge on any atom is 0.490 e. The van der Waals surface area contributed by atoms with Crippen LogP contribution in [0.1, 0.15) is 6.23 Å². The molecule has 2 aromatic rings. The third-order valence-corrected chi connectivity index (χ3v) is 8.24. The Labute approximate surface area is 192 Å². The topological polar surface area (TPSA) is 286 Å². The number of aliphatic hydroxyl groups excluding tert-OH is 1. The Kier molecular flexibility index (Phi) is 7.20. The van der Waals surface area contributed by atoms with Crippen LogP contribution in [0.4, 0.5) is 10.3 Å². The molecular weight excluding hydrogens is 548 g/mol. The van der Waals surface area contributed by atoms with Gasteiger partial charge < -0.3 is 40.3 Å². The summed E-state index contributed by atoms with van der Waals surface area (Å²) in [6, 6.07) is 0. The highest BCUT2D eigenvalue weighted by Crippen LogP contribution is 2.66. The van der Waals surface area contributed by atoms with Gasteiger partial charge in [-0.2, -0.15) is 13.6 Å². The molecule has 0 radical (unpaired) electrons. The molecule has 0 spiro atoms. The monoisotopic (exact) mass is 564 g/mol. The van der Waals surface area contributed by atoms with Crippen molar-refractivity contribution < 1.29 is 65.8 Å². The van der Waals surface area contributed by atoms with Crippen molar-refractivity contribution in [2.45, 2.75) is 24.0 Å². The van der Waals surface area contributed by atoms with E-state index in [1.54, 1.807) is 0 Å². The van der Waals surface area contributed by atoms with E-state index in [1.165, 1.54) is 0 Å². The minimum absolute atomic E-state index is 0.450. The van der Waals surface area contributed by atoms with Gasteiger partial charge in [-0.15, -0.1) is 6.42 Å². The first-order chi connectivity index (χ1) is 15.9. The van der Waals surface area contributed by atoms with Crippen molar-refractivity contribution in [1.29, 1.82) is 0 Å². The quantitative estimate of drug-likeness (QED) is 0.132. The minimum atomic E-state index is -5.82. The SMILES string of the molecule is C#CC1(O)[C@@H](O)[C@@H](COP(=O)(O)OP(=O)(O)OP(=O)(O)O)O[C@H]1n1cc(F)c2c(=O)[nH]c(N)nc21. The number of terminal acetylenes is 1. The van der Waals surface area contributed by atoms with Gasteiger partial charge in [0.2, 0.25) is 5.95 Å². The minimum Gasteiger partial charge on any atom is -0.386 e. The van der Waals surface area contributed by atoms with Gasteiger partial charge in [-0.1, -0.05) is 5.92 Å². The number of nitrogens with zero attached hydrogens (tertiary/aromatic N) is 2. The molecule has 22 heteroatoms. The van der Waals surface area contributed by atoms with Crippen molar-refractivity contribution in [1.82, 2.24) is 14.5 Å². The Bertz CT molecular complexity index is 1400. The lowest BCUT2D eigenvalue weighted by Crippen LogP contribution is -2.45. The summed E-state index contributed by atoms with van der Waals surface area (Å²) in [5.74, 6) is 0.229. The molecule has 35 heavy (non-hydrogen) atoms. The number of ether oxygens (including phenoxy) is 1. The summed E-state index contributed by atoms with van der Waals surface area (Å²) in [6.07, 6.45) is 0.145. The number of aromatic amines is 1. The summed E-state index contributed by atoms with van der Waals surface area (Å²) in [5.41, 5.74) is 1.33. The molecule has 1 fully saturated rings. The Hall–Kier alpha value is -2.00. The van der Waals surface area contributed by atoms with Crippen LogP contribution < -0.4 is 11.3 Å². The van der Waals surface area contributed by atoms with Crippen molar-refractivity contribution in [2.24, 2.45) is 0 Å². The van der Waals surface area contributed by atoms with Crippen LogP contribution >= 0.6 is 23.5 Å². The van der Waals surface area contributed by atoms with E-state index in [1.807, 2.05) is 10.9 Å². The van der Waals surface area contributed by atoms with Crippen molar-refractivity contribution >= 4 is 40.4 Å². The molecule has 0 saturated carbocycles. The molecule has 3 heterocycles. The lowest BCUT2D eigenvalue weighted by atomic mass is 9.95. The molecule has 1 aliphatic heterocycles. The van der Waals surface area contributed by atoms with Gasteiger partial charge in [-0.3, -0.25) is 18.9 Å².